The molecule has 3 aromatic carbocycles. The van der Waals surface area contributed by atoms with Crippen molar-refractivity contribution < 1.29 is 19.2 Å². The summed E-state index contributed by atoms with van der Waals surface area (Å²) in [5.74, 6) is 1.21. The quantitative estimate of drug-likeness (QED) is 0.233. The van der Waals surface area contributed by atoms with Gasteiger partial charge in [-0.1, -0.05) is 36.0 Å². The first-order valence-corrected chi connectivity index (χ1v) is 13.9. The topological polar surface area (TPSA) is 138 Å². The largest absolute Gasteiger partial charge is 0.495 e. The van der Waals surface area contributed by atoms with Crippen LogP contribution in [0.25, 0.3) is 0 Å². The molecule has 41 heavy (non-hydrogen) atoms. The Balaban J connectivity index is 1.41. The van der Waals surface area contributed by atoms with E-state index >= 15 is 0 Å². The van der Waals surface area contributed by atoms with Crippen molar-refractivity contribution in [2.45, 2.75) is 19.4 Å². The van der Waals surface area contributed by atoms with Gasteiger partial charge in [0.1, 0.15) is 5.75 Å². The van der Waals surface area contributed by atoms with Gasteiger partial charge in [0.05, 0.1) is 35.0 Å². The van der Waals surface area contributed by atoms with Gasteiger partial charge in [-0.3, -0.25) is 14.9 Å². The molecule has 2 aliphatic rings. The maximum Gasteiger partial charge on any atom is 0.323 e. The van der Waals surface area contributed by atoms with Crippen LogP contribution in [0.2, 0.25) is 0 Å². The number of hydrogen-bond acceptors (Lipinski definition) is 8. The van der Waals surface area contributed by atoms with Crippen molar-refractivity contribution in [3.63, 3.8) is 0 Å². The van der Waals surface area contributed by atoms with Gasteiger partial charge in [-0.15, -0.1) is 0 Å². The molecule has 1 saturated heterocycles. The fraction of sp³-hybridized carbons (Fsp3) is 0.207. The average Bonchev–Trinajstić information content (AvgIpc) is 2.97. The number of urea groups is 1. The number of nitrogens with one attached hydrogen (secondary N) is 3. The molecular formula is C29H28N6O5S. The zero-order chi connectivity index (χ0) is 28.9. The van der Waals surface area contributed by atoms with Crippen molar-refractivity contribution >= 4 is 51.6 Å². The number of nitro groups is 1. The number of benzene rings is 3. The number of thioether (sulfide) groups is 1. The highest BCUT2D eigenvalue weighted by Gasteiger charge is 2.37. The van der Waals surface area contributed by atoms with Crippen molar-refractivity contribution in [2.24, 2.45) is 4.99 Å². The molecule has 3 aromatic rings. The minimum atomic E-state index is -0.503. The van der Waals surface area contributed by atoms with Crippen molar-refractivity contribution in [3.05, 3.63) is 99.7 Å². The number of carbonyl (C=O) groups is 2. The fourth-order valence-corrected chi connectivity index (χ4v) is 5.81. The van der Waals surface area contributed by atoms with Crippen LogP contribution in [0.1, 0.15) is 24.9 Å². The van der Waals surface area contributed by atoms with E-state index in [9.17, 15) is 19.7 Å². The van der Waals surface area contributed by atoms with Crippen molar-refractivity contribution in [2.75, 3.05) is 35.4 Å². The number of aliphatic imine (C=N–C) groups is 1. The second-order valence-corrected chi connectivity index (χ2v) is 10.4. The third-order valence-electron chi connectivity index (χ3n) is 6.65. The predicted molar refractivity (Wildman–Crippen MR) is 160 cm³/mol. The van der Waals surface area contributed by atoms with E-state index < -0.39 is 17.0 Å². The number of ether oxygens (including phenoxy) is 1. The molecule has 2 heterocycles. The smallest absolute Gasteiger partial charge is 0.323 e. The lowest BCUT2D eigenvalue weighted by atomic mass is 9.93. The van der Waals surface area contributed by atoms with Gasteiger partial charge in [0, 0.05) is 35.8 Å². The molecule has 5 rings (SSSR count). The van der Waals surface area contributed by atoms with Gasteiger partial charge < -0.3 is 25.6 Å². The molecule has 3 amide bonds. The molecule has 2 aliphatic heterocycles. The number of hydrogen-bond donors (Lipinski definition) is 3. The van der Waals surface area contributed by atoms with Crippen LogP contribution in [0.5, 0.6) is 5.75 Å². The number of nitro benzene ring substituents is 1. The number of amides is 3. The lowest BCUT2D eigenvalue weighted by Crippen LogP contribution is -2.43. The molecule has 0 radical (unpaired) electrons. The summed E-state index contributed by atoms with van der Waals surface area (Å²) in [6.07, 6.45) is 0.941. The second-order valence-electron chi connectivity index (χ2n) is 9.35. The van der Waals surface area contributed by atoms with Crippen LogP contribution in [0, 0.1) is 10.1 Å². The Morgan fingerprint density at radius 1 is 1.02 bits per heavy atom. The summed E-state index contributed by atoms with van der Waals surface area (Å²) in [6.45, 7) is 2.57. The van der Waals surface area contributed by atoms with Crippen LogP contribution in [0.15, 0.2) is 89.1 Å². The van der Waals surface area contributed by atoms with E-state index in [-0.39, 0.29) is 11.6 Å². The first-order chi connectivity index (χ1) is 19.8. The summed E-state index contributed by atoms with van der Waals surface area (Å²) in [4.78, 5) is 43.8. The summed E-state index contributed by atoms with van der Waals surface area (Å²) in [7, 11) is 1.55. The number of allylic oxidation sites excluding steroid dienone is 1. The molecule has 1 fully saturated rings. The molecule has 0 bridgehead atoms. The van der Waals surface area contributed by atoms with Gasteiger partial charge in [-0.25, -0.2) is 9.79 Å². The number of para-hydroxylation sites is 2. The van der Waals surface area contributed by atoms with Crippen molar-refractivity contribution in [3.8, 4) is 5.75 Å². The first kappa shape index (κ1) is 27.7. The lowest BCUT2D eigenvalue weighted by molar-refractivity contribution is -0.384. The van der Waals surface area contributed by atoms with E-state index in [1.807, 2.05) is 37.3 Å². The Labute approximate surface area is 240 Å². The summed E-state index contributed by atoms with van der Waals surface area (Å²) in [6, 6.07) is 19.2. The first-order valence-electron chi connectivity index (χ1n) is 12.9. The van der Waals surface area contributed by atoms with Gasteiger partial charge >= 0.3 is 6.03 Å². The van der Waals surface area contributed by atoms with Gasteiger partial charge in [0.15, 0.2) is 5.17 Å². The monoisotopic (exact) mass is 572 g/mol. The predicted octanol–water partition coefficient (Wildman–Crippen LogP) is 6.01. The Hall–Kier alpha value is -4.84. The van der Waals surface area contributed by atoms with Crippen LogP contribution >= 0.6 is 11.8 Å². The van der Waals surface area contributed by atoms with E-state index in [0.29, 0.717) is 34.1 Å². The van der Waals surface area contributed by atoms with Gasteiger partial charge in [-0.05, 0) is 55.3 Å². The molecule has 12 heteroatoms. The molecule has 1 unspecified atom stereocenters. The number of fused-ring (bicyclic) bond motifs is 1. The highest BCUT2D eigenvalue weighted by molar-refractivity contribution is 8.13. The Bertz CT molecular complexity index is 1560. The van der Waals surface area contributed by atoms with E-state index in [2.05, 4.69) is 20.9 Å². The Morgan fingerprint density at radius 2 is 1.78 bits per heavy atom. The van der Waals surface area contributed by atoms with Crippen LogP contribution in [0.4, 0.5) is 27.5 Å². The fourth-order valence-electron chi connectivity index (χ4n) is 4.79. The van der Waals surface area contributed by atoms with Gasteiger partial charge in [-0.2, -0.15) is 0 Å². The number of methoxy groups -OCH3 is 1. The van der Waals surface area contributed by atoms with E-state index in [1.54, 1.807) is 37.1 Å². The van der Waals surface area contributed by atoms with E-state index in [4.69, 9.17) is 9.73 Å². The van der Waals surface area contributed by atoms with Crippen LogP contribution in [0.3, 0.4) is 0 Å². The number of nitrogens with zero attached hydrogens (tertiary/aromatic N) is 3. The molecule has 0 aromatic heterocycles. The highest BCUT2D eigenvalue weighted by atomic mass is 32.2. The molecule has 1 atom stereocenters. The summed E-state index contributed by atoms with van der Waals surface area (Å²) >= 11 is 1.66. The van der Waals surface area contributed by atoms with Crippen LogP contribution < -0.4 is 20.7 Å². The van der Waals surface area contributed by atoms with Crippen LogP contribution in [-0.4, -0.2) is 46.3 Å². The number of non-ortho nitro benzene ring substituents is 1. The van der Waals surface area contributed by atoms with Gasteiger partial charge in [0.25, 0.3) is 11.6 Å². The molecule has 0 aliphatic carbocycles. The maximum atomic E-state index is 13.8. The molecule has 11 nitrogen and oxygen atoms in total. The maximum absolute atomic E-state index is 13.8. The second kappa shape index (κ2) is 12.1. The SMILES string of the molecule is COc1ccccc1NC(=O)C1=C(C)N=C2SCCCN2C1c1cccc(NC(=O)Nc2ccc([N+](=O)[O-])cc2)c1. The zero-order valence-corrected chi connectivity index (χ0v) is 23.2. The third kappa shape index (κ3) is 6.17. The average molecular weight is 573 g/mol. The zero-order valence-electron chi connectivity index (χ0n) is 22.4. The molecule has 210 valence electrons. The summed E-state index contributed by atoms with van der Waals surface area (Å²) < 4.78 is 5.42. The molecule has 3 N–H and O–H groups in total. The Kier molecular flexibility index (Phi) is 8.20. The minimum absolute atomic E-state index is 0.0659. The van der Waals surface area contributed by atoms with Crippen molar-refractivity contribution in [1.82, 2.24) is 4.90 Å². The normalized spacial score (nSPS) is 16.3. The molecular weight excluding hydrogens is 544 g/mol. The standard InChI is InChI=1S/C29H28N6O5S/c1-18-25(27(36)33-23-9-3-4-10-24(23)40-2)26(34-15-6-16-41-29(34)30-18)19-7-5-8-21(17-19)32-28(37)31-20-11-13-22(14-12-20)35(38)39/h3-5,7-14,17,26H,6,15-16H2,1-2H3,(H,33,36)(H2,31,32,37). The van der Waals surface area contributed by atoms with E-state index in [0.717, 1.165) is 29.4 Å². The number of amidine groups is 1. The van der Waals surface area contributed by atoms with E-state index in [1.165, 1.54) is 24.3 Å². The Morgan fingerprint density at radius 3 is 2.54 bits per heavy atom. The number of rotatable bonds is 7. The minimum Gasteiger partial charge on any atom is -0.495 e. The van der Waals surface area contributed by atoms with Gasteiger partial charge in [0.2, 0.25) is 0 Å². The van der Waals surface area contributed by atoms with Crippen molar-refractivity contribution in [1.29, 1.82) is 0 Å². The molecule has 0 spiro atoms. The number of anilines is 3. The highest BCUT2D eigenvalue weighted by Crippen LogP contribution is 2.40. The summed E-state index contributed by atoms with van der Waals surface area (Å²) in [5, 5.41) is 20.3. The molecule has 0 saturated carbocycles. The summed E-state index contributed by atoms with van der Waals surface area (Å²) in [5.41, 5.74) is 3.38. The van der Waals surface area contributed by atoms with Crippen LogP contribution in [-0.2, 0) is 4.79 Å². The third-order valence-corrected chi connectivity index (χ3v) is 7.73. The lowest BCUT2D eigenvalue weighted by Gasteiger charge is -2.41. The number of carbonyl (C=O) groups excluding carboxylic acids is 2.